The van der Waals surface area contributed by atoms with Gasteiger partial charge in [0.15, 0.2) is 0 Å². The van der Waals surface area contributed by atoms with Gasteiger partial charge in [0, 0.05) is 18.4 Å². The molecule has 0 radical (unpaired) electrons. The van der Waals surface area contributed by atoms with Gasteiger partial charge in [-0.15, -0.1) is 0 Å². The molecule has 96 valence electrons. The standard InChI is InChI=1S/C13H17N3O2/c1-3-14-8-12(17)15-10-4-5-11-9(6-10)7-13(18)16(11)2/h4-6,14H,3,7-8H2,1-2H3,(H,15,17). The summed E-state index contributed by atoms with van der Waals surface area (Å²) in [6, 6.07) is 5.54. The van der Waals surface area contributed by atoms with Crippen LogP contribution in [0.5, 0.6) is 0 Å². The molecule has 0 aliphatic carbocycles. The molecule has 0 aromatic heterocycles. The van der Waals surface area contributed by atoms with E-state index in [1.54, 1.807) is 11.9 Å². The minimum absolute atomic E-state index is 0.0746. The van der Waals surface area contributed by atoms with E-state index < -0.39 is 0 Å². The smallest absolute Gasteiger partial charge is 0.238 e. The number of nitrogens with one attached hydrogen (secondary N) is 2. The number of hydrogen-bond donors (Lipinski definition) is 2. The Labute approximate surface area is 106 Å². The molecular formula is C13H17N3O2. The first-order chi connectivity index (χ1) is 8.61. The molecule has 0 saturated carbocycles. The van der Waals surface area contributed by atoms with E-state index in [9.17, 15) is 9.59 Å². The fourth-order valence-corrected chi connectivity index (χ4v) is 1.99. The lowest BCUT2D eigenvalue weighted by Crippen LogP contribution is -2.27. The molecule has 5 heteroatoms. The summed E-state index contributed by atoms with van der Waals surface area (Å²) in [4.78, 5) is 24.7. The minimum Gasteiger partial charge on any atom is -0.325 e. The normalized spacial score (nSPS) is 13.7. The van der Waals surface area contributed by atoms with Crippen LogP contribution in [0.25, 0.3) is 0 Å². The van der Waals surface area contributed by atoms with Crippen LogP contribution in [0.4, 0.5) is 11.4 Å². The summed E-state index contributed by atoms with van der Waals surface area (Å²) in [6.45, 7) is 3.01. The molecule has 0 fully saturated rings. The van der Waals surface area contributed by atoms with E-state index in [1.165, 1.54) is 0 Å². The van der Waals surface area contributed by atoms with Gasteiger partial charge < -0.3 is 15.5 Å². The van der Waals surface area contributed by atoms with Crippen molar-refractivity contribution in [1.82, 2.24) is 5.32 Å². The van der Waals surface area contributed by atoms with E-state index >= 15 is 0 Å². The molecule has 0 bridgehead atoms. The number of carbonyl (C=O) groups is 2. The van der Waals surface area contributed by atoms with Gasteiger partial charge in [-0.3, -0.25) is 9.59 Å². The van der Waals surface area contributed by atoms with Crippen molar-refractivity contribution in [2.75, 3.05) is 30.4 Å². The Morgan fingerprint density at radius 2 is 2.22 bits per heavy atom. The number of likely N-dealkylation sites (N-methyl/N-ethyl adjacent to an activating group) is 2. The van der Waals surface area contributed by atoms with Crippen molar-refractivity contribution < 1.29 is 9.59 Å². The van der Waals surface area contributed by atoms with Gasteiger partial charge in [0.2, 0.25) is 11.8 Å². The first-order valence-corrected chi connectivity index (χ1v) is 6.02. The molecule has 0 atom stereocenters. The Morgan fingerprint density at radius 1 is 1.44 bits per heavy atom. The second-order valence-electron chi connectivity index (χ2n) is 4.30. The maximum Gasteiger partial charge on any atom is 0.238 e. The molecule has 2 amide bonds. The van der Waals surface area contributed by atoms with Crippen LogP contribution in [0.3, 0.4) is 0 Å². The van der Waals surface area contributed by atoms with Crippen molar-refractivity contribution in [3.8, 4) is 0 Å². The average molecular weight is 247 g/mol. The number of hydrogen-bond acceptors (Lipinski definition) is 3. The zero-order valence-corrected chi connectivity index (χ0v) is 10.6. The lowest BCUT2D eigenvalue weighted by atomic mass is 10.1. The number of rotatable bonds is 4. The molecule has 1 aliphatic heterocycles. The van der Waals surface area contributed by atoms with Crippen LogP contribution >= 0.6 is 0 Å². The third kappa shape index (κ3) is 2.51. The molecule has 0 spiro atoms. The molecule has 1 aromatic rings. The van der Waals surface area contributed by atoms with Crippen molar-refractivity contribution in [3.05, 3.63) is 23.8 Å². The SMILES string of the molecule is CCNCC(=O)Nc1ccc2c(c1)CC(=O)N2C. The maximum atomic E-state index is 11.5. The van der Waals surface area contributed by atoms with Gasteiger partial charge in [-0.05, 0) is 30.3 Å². The van der Waals surface area contributed by atoms with Gasteiger partial charge in [0.25, 0.3) is 0 Å². The van der Waals surface area contributed by atoms with Crippen LogP contribution in [0, 0.1) is 0 Å². The quantitative estimate of drug-likeness (QED) is 0.825. The lowest BCUT2D eigenvalue weighted by Gasteiger charge is -2.11. The second kappa shape index (κ2) is 5.18. The Bertz CT molecular complexity index is 485. The van der Waals surface area contributed by atoms with Crippen molar-refractivity contribution in [1.29, 1.82) is 0 Å². The number of carbonyl (C=O) groups excluding carboxylic acids is 2. The first kappa shape index (κ1) is 12.6. The Hall–Kier alpha value is -1.88. The highest BCUT2D eigenvalue weighted by molar-refractivity contribution is 6.02. The van der Waals surface area contributed by atoms with E-state index in [2.05, 4.69) is 10.6 Å². The van der Waals surface area contributed by atoms with Crippen molar-refractivity contribution >= 4 is 23.2 Å². The molecule has 1 heterocycles. The minimum atomic E-state index is -0.0746. The van der Waals surface area contributed by atoms with E-state index in [-0.39, 0.29) is 11.8 Å². The van der Waals surface area contributed by atoms with E-state index in [4.69, 9.17) is 0 Å². The number of fused-ring (bicyclic) bond motifs is 1. The predicted octanol–water partition coefficient (Wildman–Crippen LogP) is 0.753. The summed E-state index contributed by atoms with van der Waals surface area (Å²) >= 11 is 0. The number of amides is 2. The second-order valence-corrected chi connectivity index (χ2v) is 4.30. The van der Waals surface area contributed by atoms with E-state index in [0.717, 1.165) is 23.5 Å². The highest BCUT2D eigenvalue weighted by atomic mass is 16.2. The Morgan fingerprint density at radius 3 is 2.94 bits per heavy atom. The van der Waals surface area contributed by atoms with Gasteiger partial charge in [0.05, 0.1) is 13.0 Å². The monoisotopic (exact) mass is 247 g/mol. The summed E-state index contributed by atoms with van der Waals surface area (Å²) < 4.78 is 0. The largest absolute Gasteiger partial charge is 0.325 e. The fraction of sp³-hybridized carbons (Fsp3) is 0.385. The molecule has 1 aromatic carbocycles. The van der Waals surface area contributed by atoms with Crippen LogP contribution in [0.2, 0.25) is 0 Å². The Kier molecular flexibility index (Phi) is 3.62. The highest BCUT2D eigenvalue weighted by Gasteiger charge is 2.23. The van der Waals surface area contributed by atoms with Crippen LogP contribution in [0.1, 0.15) is 12.5 Å². The molecule has 0 unspecified atom stereocenters. The molecular weight excluding hydrogens is 230 g/mol. The van der Waals surface area contributed by atoms with E-state index in [0.29, 0.717) is 13.0 Å². The molecule has 1 aliphatic rings. The van der Waals surface area contributed by atoms with Gasteiger partial charge in [-0.25, -0.2) is 0 Å². The maximum absolute atomic E-state index is 11.5. The van der Waals surface area contributed by atoms with Crippen molar-refractivity contribution in [2.45, 2.75) is 13.3 Å². The van der Waals surface area contributed by atoms with Gasteiger partial charge in [-0.2, -0.15) is 0 Å². The lowest BCUT2D eigenvalue weighted by molar-refractivity contribution is -0.117. The van der Waals surface area contributed by atoms with Crippen LogP contribution < -0.4 is 15.5 Å². The fourth-order valence-electron chi connectivity index (χ4n) is 1.99. The number of anilines is 2. The van der Waals surface area contributed by atoms with Gasteiger partial charge >= 0.3 is 0 Å². The molecule has 2 rings (SSSR count). The van der Waals surface area contributed by atoms with Crippen LogP contribution in [-0.2, 0) is 16.0 Å². The molecule has 5 nitrogen and oxygen atoms in total. The topological polar surface area (TPSA) is 61.4 Å². The highest BCUT2D eigenvalue weighted by Crippen LogP contribution is 2.29. The Balaban J connectivity index is 2.07. The van der Waals surface area contributed by atoms with Crippen LogP contribution in [0.15, 0.2) is 18.2 Å². The summed E-state index contributed by atoms with van der Waals surface area (Å²) in [6.07, 6.45) is 0.406. The third-order valence-electron chi connectivity index (χ3n) is 2.98. The predicted molar refractivity (Wildman–Crippen MR) is 70.7 cm³/mol. The first-order valence-electron chi connectivity index (χ1n) is 6.02. The summed E-state index contributed by atoms with van der Waals surface area (Å²) in [7, 11) is 1.76. The van der Waals surface area contributed by atoms with Gasteiger partial charge in [-0.1, -0.05) is 6.92 Å². The van der Waals surface area contributed by atoms with Crippen LogP contribution in [-0.4, -0.2) is 32.0 Å². The summed E-state index contributed by atoms with van der Waals surface area (Å²) in [5.74, 6) is 0.00982. The zero-order chi connectivity index (χ0) is 13.1. The summed E-state index contributed by atoms with van der Waals surface area (Å²) in [5.41, 5.74) is 2.62. The molecule has 2 N–H and O–H groups in total. The number of benzene rings is 1. The number of nitrogens with zero attached hydrogens (tertiary/aromatic N) is 1. The van der Waals surface area contributed by atoms with Gasteiger partial charge in [0.1, 0.15) is 0 Å². The summed E-state index contributed by atoms with van der Waals surface area (Å²) in [5, 5.41) is 5.77. The van der Waals surface area contributed by atoms with Crippen molar-refractivity contribution in [3.63, 3.8) is 0 Å². The average Bonchev–Trinajstić information content (AvgIpc) is 2.62. The molecule has 0 saturated heterocycles. The van der Waals surface area contributed by atoms with Crippen molar-refractivity contribution in [2.24, 2.45) is 0 Å². The third-order valence-corrected chi connectivity index (χ3v) is 2.98. The van der Waals surface area contributed by atoms with E-state index in [1.807, 2.05) is 25.1 Å². The molecule has 18 heavy (non-hydrogen) atoms. The zero-order valence-electron chi connectivity index (χ0n) is 10.6.